The van der Waals surface area contributed by atoms with Crippen LogP contribution in [0.2, 0.25) is 0 Å². The summed E-state index contributed by atoms with van der Waals surface area (Å²) in [5.41, 5.74) is 7.64. The predicted molar refractivity (Wildman–Crippen MR) is 92.9 cm³/mol. The molecule has 7 nitrogen and oxygen atoms in total. The maximum absolute atomic E-state index is 12.4. The van der Waals surface area contributed by atoms with Crippen LogP contribution in [-0.4, -0.2) is 29.3 Å². The lowest BCUT2D eigenvalue weighted by atomic mass is 9.87. The summed E-state index contributed by atoms with van der Waals surface area (Å²) in [4.78, 5) is 12.4. The Morgan fingerprint density at radius 3 is 2.67 bits per heavy atom. The normalized spacial score (nSPS) is 23.2. The molecule has 128 valence electrons. The smallest absolute Gasteiger partial charge is 0.226 e. The first-order valence-electron chi connectivity index (χ1n) is 7.82. The van der Waals surface area contributed by atoms with Gasteiger partial charge in [-0.1, -0.05) is 23.5 Å². The van der Waals surface area contributed by atoms with Crippen molar-refractivity contribution >= 4 is 22.4 Å². The van der Waals surface area contributed by atoms with E-state index in [0.717, 1.165) is 16.3 Å². The van der Waals surface area contributed by atoms with Crippen LogP contribution in [0.1, 0.15) is 30.0 Å². The highest BCUT2D eigenvalue weighted by Gasteiger charge is 2.35. The Morgan fingerprint density at radius 1 is 1.29 bits per heavy atom. The molecule has 2 heterocycles. The molecular formula is C16H21N5O2S. The highest BCUT2D eigenvalue weighted by molar-refractivity contribution is 7.15. The van der Waals surface area contributed by atoms with Crippen LogP contribution in [0, 0.1) is 12.8 Å². The molecule has 1 aromatic carbocycles. The summed E-state index contributed by atoms with van der Waals surface area (Å²) >= 11 is 1.38. The highest BCUT2D eigenvalue weighted by Crippen LogP contribution is 2.32. The predicted octanol–water partition coefficient (Wildman–Crippen LogP) is 2.04. The number of carbonyl (C=O) groups excluding carboxylic acids is 1. The number of carbonyl (C=O) groups is 1. The summed E-state index contributed by atoms with van der Waals surface area (Å²) in [6.07, 6.45) is 0.399. The van der Waals surface area contributed by atoms with E-state index in [1.54, 1.807) is 7.11 Å². The molecule has 1 fully saturated rings. The van der Waals surface area contributed by atoms with Crippen LogP contribution < -0.4 is 20.9 Å². The fourth-order valence-electron chi connectivity index (χ4n) is 2.89. The molecular weight excluding hydrogens is 326 g/mol. The van der Waals surface area contributed by atoms with E-state index < -0.39 is 0 Å². The van der Waals surface area contributed by atoms with Crippen LogP contribution in [0.15, 0.2) is 24.3 Å². The SMILES string of the molecule is COc1ccc(C2NNC(C)C2CC(=O)Nc2nnc(C)s2)cc1. The van der Waals surface area contributed by atoms with E-state index in [9.17, 15) is 4.79 Å². The maximum Gasteiger partial charge on any atom is 0.226 e. The third-order valence-electron chi connectivity index (χ3n) is 4.21. The van der Waals surface area contributed by atoms with E-state index in [1.807, 2.05) is 31.2 Å². The summed E-state index contributed by atoms with van der Waals surface area (Å²) < 4.78 is 5.20. The second-order valence-corrected chi connectivity index (χ2v) is 7.05. The Morgan fingerprint density at radius 2 is 2.04 bits per heavy atom. The largest absolute Gasteiger partial charge is 0.497 e. The lowest BCUT2D eigenvalue weighted by molar-refractivity contribution is -0.117. The minimum Gasteiger partial charge on any atom is -0.497 e. The van der Waals surface area contributed by atoms with Crippen molar-refractivity contribution in [3.05, 3.63) is 34.8 Å². The molecule has 3 N–H and O–H groups in total. The zero-order chi connectivity index (χ0) is 17.1. The highest BCUT2D eigenvalue weighted by atomic mass is 32.1. The van der Waals surface area contributed by atoms with Gasteiger partial charge >= 0.3 is 0 Å². The zero-order valence-corrected chi connectivity index (χ0v) is 14.7. The number of aromatic nitrogens is 2. The third-order valence-corrected chi connectivity index (χ3v) is 4.96. The molecule has 0 spiro atoms. The standard InChI is InChI=1S/C16H21N5O2S/c1-9-13(8-14(22)17-16-21-19-10(2)24-16)15(20-18-9)11-4-6-12(23-3)7-5-11/h4-7,9,13,15,18,20H,8H2,1-3H3,(H,17,21,22). The summed E-state index contributed by atoms with van der Waals surface area (Å²) in [6.45, 7) is 3.93. The van der Waals surface area contributed by atoms with Crippen LogP contribution in [0.25, 0.3) is 0 Å². The molecule has 2 aromatic rings. The van der Waals surface area contributed by atoms with Crippen molar-refractivity contribution in [2.75, 3.05) is 12.4 Å². The van der Waals surface area contributed by atoms with Gasteiger partial charge in [-0.15, -0.1) is 10.2 Å². The van der Waals surface area contributed by atoms with Crippen LogP contribution in [0.4, 0.5) is 5.13 Å². The van der Waals surface area contributed by atoms with Gasteiger partial charge in [0.25, 0.3) is 0 Å². The van der Waals surface area contributed by atoms with Crippen molar-refractivity contribution in [1.82, 2.24) is 21.0 Å². The fourth-order valence-corrected chi connectivity index (χ4v) is 3.50. The molecule has 1 saturated heterocycles. The number of anilines is 1. The van der Waals surface area contributed by atoms with E-state index >= 15 is 0 Å². The van der Waals surface area contributed by atoms with Gasteiger partial charge in [0.05, 0.1) is 13.2 Å². The Kier molecular flexibility index (Phi) is 5.08. The van der Waals surface area contributed by atoms with E-state index in [2.05, 4.69) is 33.3 Å². The van der Waals surface area contributed by atoms with Crippen molar-refractivity contribution in [3.63, 3.8) is 0 Å². The Labute approximate surface area is 144 Å². The van der Waals surface area contributed by atoms with Gasteiger partial charge in [0.15, 0.2) is 0 Å². The number of ether oxygens (including phenoxy) is 1. The first kappa shape index (κ1) is 16.8. The molecule has 1 aliphatic rings. The van der Waals surface area contributed by atoms with Gasteiger partial charge in [-0.05, 0) is 31.5 Å². The van der Waals surface area contributed by atoms with E-state index in [1.165, 1.54) is 11.3 Å². The number of rotatable bonds is 5. The van der Waals surface area contributed by atoms with Crippen LogP contribution in [-0.2, 0) is 4.79 Å². The summed E-state index contributed by atoms with van der Waals surface area (Å²) in [5.74, 6) is 0.901. The number of nitrogens with zero attached hydrogens (tertiary/aromatic N) is 2. The van der Waals surface area contributed by atoms with Gasteiger partial charge in [0, 0.05) is 18.4 Å². The van der Waals surface area contributed by atoms with E-state index in [-0.39, 0.29) is 23.9 Å². The average Bonchev–Trinajstić information content (AvgIpc) is 3.14. The molecule has 3 rings (SSSR count). The number of benzene rings is 1. The van der Waals surface area contributed by atoms with Gasteiger partial charge in [0.1, 0.15) is 10.8 Å². The third kappa shape index (κ3) is 3.72. The Hall–Kier alpha value is -2.03. The molecule has 3 unspecified atom stereocenters. The van der Waals surface area contributed by atoms with Crippen molar-refractivity contribution in [2.45, 2.75) is 32.4 Å². The number of hydrazine groups is 1. The number of hydrogen-bond acceptors (Lipinski definition) is 7. The molecule has 0 aliphatic carbocycles. The van der Waals surface area contributed by atoms with Crippen molar-refractivity contribution in [2.24, 2.45) is 5.92 Å². The second kappa shape index (κ2) is 7.25. The number of hydrogen-bond donors (Lipinski definition) is 3. The fraction of sp³-hybridized carbons (Fsp3) is 0.438. The molecule has 24 heavy (non-hydrogen) atoms. The molecule has 0 radical (unpaired) electrons. The maximum atomic E-state index is 12.4. The quantitative estimate of drug-likeness (QED) is 0.767. The topological polar surface area (TPSA) is 88.2 Å². The first-order chi connectivity index (χ1) is 11.6. The Bertz CT molecular complexity index is 703. The Balaban J connectivity index is 1.68. The summed E-state index contributed by atoms with van der Waals surface area (Å²) in [5, 5.41) is 12.1. The van der Waals surface area contributed by atoms with Gasteiger partial charge in [0.2, 0.25) is 11.0 Å². The average molecular weight is 347 g/mol. The zero-order valence-electron chi connectivity index (χ0n) is 13.9. The summed E-state index contributed by atoms with van der Waals surface area (Å²) in [6, 6.07) is 8.15. The number of amides is 1. The molecule has 1 aliphatic heterocycles. The molecule has 1 amide bonds. The molecule has 8 heteroatoms. The van der Waals surface area contributed by atoms with Gasteiger partial charge in [-0.25, -0.2) is 5.43 Å². The van der Waals surface area contributed by atoms with Gasteiger partial charge < -0.3 is 10.1 Å². The molecule has 0 bridgehead atoms. The first-order valence-corrected chi connectivity index (χ1v) is 8.63. The summed E-state index contributed by atoms with van der Waals surface area (Å²) in [7, 11) is 1.65. The van der Waals surface area contributed by atoms with Crippen molar-refractivity contribution < 1.29 is 9.53 Å². The van der Waals surface area contributed by atoms with Crippen molar-refractivity contribution in [3.8, 4) is 5.75 Å². The lowest BCUT2D eigenvalue weighted by Crippen LogP contribution is -2.29. The minimum absolute atomic E-state index is 0.0491. The second-order valence-electron chi connectivity index (χ2n) is 5.87. The number of methoxy groups -OCH3 is 1. The monoisotopic (exact) mass is 347 g/mol. The van der Waals surface area contributed by atoms with Gasteiger partial charge in [-0.2, -0.15) is 0 Å². The minimum atomic E-state index is -0.0491. The molecule has 3 atom stereocenters. The number of aryl methyl sites for hydroxylation is 1. The van der Waals surface area contributed by atoms with Crippen LogP contribution in [0.3, 0.4) is 0 Å². The van der Waals surface area contributed by atoms with E-state index in [0.29, 0.717) is 11.6 Å². The van der Waals surface area contributed by atoms with Crippen LogP contribution in [0.5, 0.6) is 5.75 Å². The lowest BCUT2D eigenvalue weighted by Gasteiger charge is -2.20. The van der Waals surface area contributed by atoms with E-state index in [4.69, 9.17) is 4.74 Å². The molecule has 1 aromatic heterocycles. The van der Waals surface area contributed by atoms with Gasteiger partial charge in [-0.3, -0.25) is 10.2 Å². The molecule has 0 saturated carbocycles. The van der Waals surface area contributed by atoms with Crippen molar-refractivity contribution in [1.29, 1.82) is 0 Å². The van der Waals surface area contributed by atoms with Crippen LogP contribution >= 0.6 is 11.3 Å². The number of nitrogens with one attached hydrogen (secondary N) is 3.